The van der Waals surface area contributed by atoms with Crippen molar-refractivity contribution in [1.29, 1.82) is 0 Å². The van der Waals surface area contributed by atoms with Crippen LogP contribution in [-0.4, -0.2) is 11.7 Å². The van der Waals surface area contributed by atoms with Gasteiger partial charge in [0.05, 0.1) is 12.7 Å². The van der Waals surface area contributed by atoms with Crippen LogP contribution in [0, 0.1) is 23.7 Å². The van der Waals surface area contributed by atoms with Gasteiger partial charge < -0.3 is 9.84 Å². The fraction of sp³-hybridized carbons (Fsp3) is 0.529. The van der Waals surface area contributed by atoms with Gasteiger partial charge in [0, 0.05) is 11.5 Å². The average molecular weight is 258 g/mol. The molecule has 1 saturated heterocycles. The summed E-state index contributed by atoms with van der Waals surface area (Å²) in [5.41, 5.74) is 2.34. The van der Waals surface area contributed by atoms with Crippen LogP contribution in [0.5, 0.6) is 5.75 Å². The highest BCUT2D eigenvalue weighted by Crippen LogP contribution is 2.50. The molecule has 0 unspecified atom stereocenters. The molecule has 5 atom stereocenters. The second-order valence-electron chi connectivity index (χ2n) is 6.13. The fourth-order valence-corrected chi connectivity index (χ4v) is 3.96. The zero-order valence-electron chi connectivity index (χ0n) is 11.8. The Balaban J connectivity index is 2.01. The smallest absolute Gasteiger partial charge is 0.121 e. The van der Waals surface area contributed by atoms with E-state index < -0.39 is 0 Å². The summed E-state index contributed by atoms with van der Waals surface area (Å²) in [6, 6.07) is 7.57. The van der Waals surface area contributed by atoms with Crippen LogP contribution in [0.1, 0.15) is 32.4 Å². The molecule has 3 rings (SSSR count). The monoisotopic (exact) mass is 258 g/mol. The Hall–Kier alpha value is -1.28. The molecule has 0 saturated carbocycles. The topological polar surface area (TPSA) is 29.5 Å². The van der Waals surface area contributed by atoms with Gasteiger partial charge in [-0.2, -0.15) is 0 Å². The number of hydrogen-bond donors (Lipinski definition) is 1. The zero-order chi connectivity index (χ0) is 13.6. The summed E-state index contributed by atoms with van der Waals surface area (Å²) >= 11 is 0. The van der Waals surface area contributed by atoms with Crippen LogP contribution in [0.2, 0.25) is 0 Å². The van der Waals surface area contributed by atoms with Crippen molar-refractivity contribution < 1.29 is 9.84 Å². The molecule has 2 aliphatic rings. The minimum Gasteiger partial charge on any atom is -0.508 e. The second kappa shape index (κ2) is 4.68. The molecule has 1 aromatic rings. The summed E-state index contributed by atoms with van der Waals surface area (Å²) in [5, 5.41) is 10.1. The van der Waals surface area contributed by atoms with Crippen LogP contribution in [0.3, 0.4) is 0 Å². The lowest BCUT2D eigenvalue weighted by molar-refractivity contribution is -0.0941. The highest BCUT2D eigenvalue weighted by atomic mass is 16.5. The maximum absolute atomic E-state index is 10.1. The number of ether oxygens (including phenoxy) is 1. The van der Waals surface area contributed by atoms with Gasteiger partial charge in [0.25, 0.3) is 0 Å². The number of aromatic hydroxyl groups is 1. The zero-order valence-corrected chi connectivity index (χ0v) is 11.8. The largest absolute Gasteiger partial charge is 0.508 e. The molecule has 2 heteroatoms. The molecule has 19 heavy (non-hydrogen) atoms. The number of benzene rings is 1. The van der Waals surface area contributed by atoms with Crippen molar-refractivity contribution in [1.82, 2.24) is 0 Å². The van der Waals surface area contributed by atoms with E-state index in [2.05, 4.69) is 26.8 Å². The predicted octanol–water partition coefficient (Wildman–Crippen LogP) is 3.93. The summed E-state index contributed by atoms with van der Waals surface area (Å²) in [6.45, 7) is 7.61. The molecule has 102 valence electrons. The summed E-state index contributed by atoms with van der Waals surface area (Å²) in [7, 11) is 0. The van der Waals surface area contributed by atoms with Crippen LogP contribution < -0.4 is 0 Å². The summed E-state index contributed by atoms with van der Waals surface area (Å²) in [5.74, 6) is 2.55. The highest BCUT2D eigenvalue weighted by Gasteiger charge is 2.44. The van der Waals surface area contributed by atoms with E-state index in [1.54, 1.807) is 6.07 Å². The molecular formula is C17H22O2. The van der Waals surface area contributed by atoms with E-state index in [0.717, 1.165) is 12.2 Å². The predicted molar refractivity (Wildman–Crippen MR) is 75.9 cm³/mol. The molecule has 1 aromatic carbocycles. The van der Waals surface area contributed by atoms with Crippen LogP contribution in [0.25, 0.3) is 0 Å². The maximum atomic E-state index is 10.1. The van der Waals surface area contributed by atoms with E-state index in [9.17, 15) is 5.11 Å². The van der Waals surface area contributed by atoms with E-state index >= 15 is 0 Å². The Morgan fingerprint density at radius 2 is 1.95 bits per heavy atom. The molecule has 2 bridgehead atoms. The lowest BCUT2D eigenvalue weighted by Crippen LogP contribution is -2.42. The van der Waals surface area contributed by atoms with Crippen LogP contribution in [0.4, 0.5) is 0 Å². The summed E-state index contributed by atoms with van der Waals surface area (Å²) in [4.78, 5) is 0. The molecule has 1 fully saturated rings. The number of fused-ring (bicyclic) bond motifs is 2. The number of hydrogen-bond acceptors (Lipinski definition) is 2. The average Bonchev–Trinajstić information content (AvgIpc) is 2.36. The lowest BCUT2D eigenvalue weighted by Gasteiger charge is -2.47. The number of phenols is 1. The van der Waals surface area contributed by atoms with Crippen molar-refractivity contribution in [3.8, 4) is 5.75 Å². The number of para-hydroxylation sites is 1. The molecule has 1 aliphatic carbocycles. The van der Waals surface area contributed by atoms with E-state index in [1.165, 1.54) is 5.57 Å². The van der Waals surface area contributed by atoms with Crippen molar-refractivity contribution in [2.75, 3.05) is 6.61 Å². The van der Waals surface area contributed by atoms with Crippen molar-refractivity contribution >= 4 is 0 Å². The van der Waals surface area contributed by atoms with Crippen molar-refractivity contribution in [2.24, 2.45) is 23.7 Å². The van der Waals surface area contributed by atoms with Gasteiger partial charge in [-0.05, 0) is 30.7 Å². The minimum atomic E-state index is -0.00352. The van der Waals surface area contributed by atoms with Crippen molar-refractivity contribution in [3.05, 3.63) is 41.5 Å². The molecule has 1 N–H and O–H groups in total. The highest BCUT2D eigenvalue weighted by molar-refractivity contribution is 5.36. The van der Waals surface area contributed by atoms with Gasteiger partial charge in [-0.3, -0.25) is 0 Å². The fourth-order valence-electron chi connectivity index (χ4n) is 3.96. The molecule has 0 aromatic heterocycles. The second-order valence-corrected chi connectivity index (χ2v) is 6.13. The molecule has 1 aliphatic heterocycles. The van der Waals surface area contributed by atoms with Crippen LogP contribution >= 0.6 is 0 Å². The van der Waals surface area contributed by atoms with Crippen LogP contribution in [-0.2, 0) is 4.74 Å². The lowest BCUT2D eigenvalue weighted by atomic mass is 9.64. The molecular weight excluding hydrogens is 236 g/mol. The van der Waals surface area contributed by atoms with E-state index in [0.29, 0.717) is 29.4 Å². The van der Waals surface area contributed by atoms with Gasteiger partial charge in [-0.1, -0.05) is 43.7 Å². The van der Waals surface area contributed by atoms with E-state index in [1.807, 2.05) is 18.2 Å². The van der Waals surface area contributed by atoms with Gasteiger partial charge in [0.2, 0.25) is 0 Å². The Morgan fingerprint density at radius 3 is 2.68 bits per heavy atom. The third-order valence-electron chi connectivity index (χ3n) is 5.01. The first-order chi connectivity index (χ1) is 9.09. The van der Waals surface area contributed by atoms with Gasteiger partial charge in [0.1, 0.15) is 5.75 Å². The minimum absolute atomic E-state index is 0.00352. The van der Waals surface area contributed by atoms with Gasteiger partial charge in [-0.25, -0.2) is 0 Å². The van der Waals surface area contributed by atoms with E-state index in [-0.39, 0.29) is 6.10 Å². The molecule has 0 spiro atoms. The Morgan fingerprint density at radius 1 is 1.21 bits per heavy atom. The van der Waals surface area contributed by atoms with Crippen molar-refractivity contribution in [2.45, 2.75) is 26.9 Å². The molecule has 0 radical (unpaired) electrons. The Labute approximate surface area is 115 Å². The number of allylic oxidation sites excluding steroid dienone is 1. The SMILES string of the molecule is CC1=C[C@H](C)[C@H]2CO[C@@H](c3ccccc3O)[C@@H]1[C@H]2C. The normalized spacial score (nSPS) is 37.8. The first-order valence-electron chi connectivity index (χ1n) is 7.17. The molecule has 0 amide bonds. The molecule has 2 nitrogen and oxygen atoms in total. The van der Waals surface area contributed by atoms with Gasteiger partial charge in [-0.15, -0.1) is 0 Å². The van der Waals surface area contributed by atoms with Gasteiger partial charge in [0.15, 0.2) is 0 Å². The molecule has 1 heterocycles. The Bertz CT molecular complexity index is 506. The third kappa shape index (κ3) is 1.99. The van der Waals surface area contributed by atoms with E-state index in [4.69, 9.17) is 4.74 Å². The summed E-state index contributed by atoms with van der Waals surface area (Å²) < 4.78 is 6.12. The summed E-state index contributed by atoms with van der Waals surface area (Å²) in [6.07, 6.45) is 2.39. The first-order valence-corrected chi connectivity index (χ1v) is 7.17. The first kappa shape index (κ1) is 12.7. The van der Waals surface area contributed by atoms with Crippen molar-refractivity contribution in [3.63, 3.8) is 0 Å². The standard InChI is InChI=1S/C17H22O2/c1-10-8-11(2)16-12(3)14(10)9-19-17(16)13-6-4-5-7-15(13)18/h4-8,10,12,14,16-18H,9H2,1-3H3/t10-,12-,14+,16-,17-/m0/s1. The number of phenolic OH excluding ortho intramolecular Hbond substituents is 1. The van der Waals surface area contributed by atoms with Gasteiger partial charge >= 0.3 is 0 Å². The number of rotatable bonds is 1. The quantitative estimate of drug-likeness (QED) is 0.773. The Kier molecular flexibility index (Phi) is 3.14. The third-order valence-corrected chi connectivity index (χ3v) is 5.01. The van der Waals surface area contributed by atoms with Crippen LogP contribution in [0.15, 0.2) is 35.9 Å². The maximum Gasteiger partial charge on any atom is 0.121 e.